The molecule has 72 valence electrons. The first-order valence-corrected chi connectivity index (χ1v) is 4.12. The summed E-state index contributed by atoms with van der Waals surface area (Å²) in [4.78, 5) is 21.1. The van der Waals surface area contributed by atoms with Crippen molar-refractivity contribution in [2.45, 2.75) is 13.3 Å². The largest absolute Gasteiger partial charge is 2.00 e. The number of aliphatic carboxylic acids is 2. The molecule has 4 nitrogen and oxygen atoms in total. The zero-order valence-corrected chi connectivity index (χ0v) is 10.1. The molecule has 0 saturated carbocycles. The van der Waals surface area contributed by atoms with Crippen LogP contribution >= 0.6 is 0 Å². The third kappa shape index (κ3) is 3.26. The van der Waals surface area contributed by atoms with Crippen molar-refractivity contribution in [1.29, 1.82) is 0 Å². The molecule has 0 aromatic heterocycles. The number of carboxylic acids is 2. The predicted molar refractivity (Wildman–Crippen MR) is 45.7 cm³/mol. The fourth-order valence-electron chi connectivity index (χ4n) is 1.55. The third-order valence-electron chi connectivity index (χ3n) is 2.28. The molecular formula is C9H10CaO4. The number of carbonyl (C=O) groups excluding carboxylic acids is 2. The summed E-state index contributed by atoms with van der Waals surface area (Å²) in [5.74, 6) is -4.58. The van der Waals surface area contributed by atoms with Crippen molar-refractivity contribution in [3.63, 3.8) is 0 Å². The van der Waals surface area contributed by atoms with Gasteiger partial charge in [-0.15, -0.1) is 0 Å². The van der Waals surface area contributed by atoms with Gasteiger partial charge < -0.3 is 19.8 Å². The molecule has 1 rings (SSSR count). The van der Waals surface area contributed by atoms with Crippen molar-refractivity contribution in [2.75, 3.05) is 0 Å². The molecule has 1 aliphatic rings. The number of carboxylic acid groups (broad SMARTS) is 2. The molecular weight excluding hydrogens is 212 g/mol. The van der Waals surface area contributed by atoms with Crippen LogP contribution in [0.25, 0.3) is 0 Å². The van der Waals surface area contributed by atoms with Gasteiger partial charge in [0.2, 0.25) is 0 Å². The predicted octanol–water partition coefficient (Wildman–Crippen LogP) is -2.07. The van der Waals surface area contributed by atoms with Gasteiger partial charge in [-0.2, -0.15) is 0 Å². The third-order valence-corrected chi connectivity index (χ3v) is 2.28. The molecule has 1 aliphatic carbocycles. The quantitative estimate of drug-likeness (QED) is 0.397. The molecule has 14 heavy (non-hydrogen) atoms. The summed E-state index contributed by atoms with van der Waals surface area (Å²) in [5, 5.41) is 21.1. The first-order valence-electron chi connectivity index (χ1n) is 4.12. The molecule has 3 unspecified atom stereocenters. The maximum absolute atomic E-state index is 10.6. The summed E-state index contributed by atoms with van der Waals surface area (Å²) < 4.78 is 0. The van der Waals surface area contributed by atoms with Gasteiger partial charge in [-0.25, -0.2) is 0 Å². The maximum atomic E-state index is 10.6. The van der Waals surface area contributed by atoms with E-state index in [0.717, 1.165) is 0 Å². The molecule has 0 aliphatic heterocycles. The molecule has 3 atom stereocenters. The van der Waals surface area contributed by atoms with Crippen LogP contribution in [0.3, 0.4) is 0 Å². The Balaban J connectivity index is 0.00000169. The van der Waals surface area contributed by atoms with Crippen LogP contribution in [0.15, 0.2) is 12.2 Å². The van der Waals surface area contributed by atoms with Crippen LogP contribution in [0.1, 0.15) is 13.3 Å². The van der Waals surface area contributed by atoms with Crippen LogP contribution < -0.4 is 10.2 Å². The van der Waals surface area contributed by atoms with E-state index in [9.17, 15) is 19.8 Å². The summed E-state index contributed by atoms with van der Waals surface area (Å²) >= 11 is 0. The Morgan fingerprint density at radius 2 is 1.79 bits per heavy atom. The van der Waals surface area contributed by atoms with E-state index in [4.69, 9.17) is 0 Å². The standard InChI is InChI=1S/C9H12O4.Ca/c1-5-2-3-6(8(10)11)7(4-5)9(12)13;/h2-3,5-7H,4H2,1H3,(H,10,11)(H,12,13);/q;+2/p-2. The van der Waals surface area contributed by atoms with Crippen LogP contribution in [0.4, 0.5) is 0 Å². The van der Waals surface area contributed by atoms with Crippen molar-refractivity contribution in [3.8, 4) is 0 Å². The van der Waals surface area contributed by atoms with Crippen molar-refractivity contribution >= 4 is 49.7 Å². The second-order valence-electron chi connectivity index (χ2n) is 3.37. The zero-order valence-electron chi connectivity index (χ0n) is 7.93. The minimum absolute atomic E-state index is 0. The molecule has 0 fully saturated rings. The molecule has 0 bridgehead atoms. The Hall–Kier alpha value is -0.0603. The van der Waals surface area contributed by atoms with Crippen LogP contribution in [0.5, 0.6) is 0 Å². The molecule has 0 aromatic carbocycles. The topological polar surface area (TPSA) is 80.3 Å². The van der Waals surface area contributed by atoms with E-state index in [2.05, 4.69) is 0 Å². The van der Waals surface area contributed by atoms with Gasteiger partial charge in [-0.1, -0.05) is 19.1 Å². The maximum Gasteiger partial charge on any atom is 2.00 e. The van der Waals surface area contributed by atoms with Crippen molar-refractivity contribution < 1.29 is 19.8 Å². The zero-order chi connectivity index (χ0) is 10.0. The van der Waals surface area contributed by atoms with E-state index < -0.39 is 23.8 Å². The van der Waals surface area contributed by atoms with Crippen LogP contribution in [-0.4, -0.2) is 49.7 Å². The first-order chi connectivity index (χ1) is 6.02. The minimum atomic E-state index is -1.35. The fourth-order valence-corrected chi connectivity index (χ4v) is 1.55. The number of hydrogen-bond acceptors (Lipinski definition) is 4. The average molecular weight is 222 g/mol. The number of allylic oxidation sites excluding steroid dienone is 1. The summed E-state index contributed by atoms with van der Waals surface area (Å²) in [5.41, 5.74) is 0. The Morgan fingerprint density at radius 3 is 2.21 bits per heavy atom. The van der Waals surface area contributed by atoms with Gasteiger partial charge in [0.15, 0.2) is 0 Å². The normalized spacial score (nSPS) is 30.5. The van der Waals surface area contributed by atoms with Gasteiger partial charge in [0.1, 0.15) is 0 Å². The summed E-state index contributed by atoms with van der Waals surface area (Å²) in [6, 6.07) is 0. The molecule has 0 radical (unpaired) electrons. The van der Waals surface area contributed by atoms with Gasteiger partial charge in [0.05, 0.1) is 0 Å². The van der Waals surface area contributed by atoms with Crippen LogP contribution in [0, 0.1) is 17.8 Å². The van der Waals surface area contributed by atoms with Crippen molar-refractivity contribution in [1.82, 2.24) is 0 Å². The Bertz CT molecular complexity index is 262. The monoisotopic (exact) mass is 222 g/mol. The van der Waals surface area contributed by atoms with E-state index in [1.807, 2.05) is 6.92 Å². The molecule has 0 aromatic rings. The molecule has 0 saturated heterocycles. The minimum Gasteiger partial charge on any atom is -0.550 e. The van der Waals surface area contributed by atoms with Crippen LogP contribution in [0.2, 0.25) is 0 Å². The first kappa shape index (κ1) is 13.9. The number of hydrogen-bond donors (Lipinski definition) is 0. The molecule has 0 amide bonds. The van der Waals surface area contributed by atoms with Gasteiger partial charge in [-0.05, 0) is 12.3 Å². The van der Waals surface area contributed by atoms with E-state index in [1.54, 1.807) is 6.08 Å². The van der Waals surface area contributed by atoms with Gasteiger partial charge in [-0.3, -0.25) is 0 Å². The molecule has 0 N–H and O–H groups in total. The second-order valence-corrected chi connectivity index (χ2v) is 3.37. The molecule has 0 spiro atoms. The van der Waals surface area contributed by atoms with Gasteiger partial charge >= 0.3 is 37.7 Å². The Morgan fingerprint density at radius 1 is 1.21 bits per heavy atom. The van der Waals surface area contributed by atoms with E-state index >= 15 is 0 Å². The summed E-state index contributed by atoms with van der Waals surface area (Å²) in [6.45, 7) is 1.83. The number of rotatable bonds is 2. The molecule has 5 heteroatoms. The van der Waals surface area contributed by atoms with Crippen molar-refractivity contribution in [3.05, 3.63) is 12.2 Å². The van der Waals surface area contributed by atoms with E-state index in [-0.39, 0.29) is 43.7 Å². The smallest absolute Gasteiger partial charge is 0.550 e. The summed E-state index contributed by atoms with van der Waals surface area (Å²) in [6.07, 6.45) is 3.38. The second kappa shape index (κ2) is 5.73. The number of carbonyl (C=O) groups is 2. The molecule has 0 heterocycles. The fraction of sp³-hybridized carbons (Fsp3) is 0.556. The van der Waals surface area contributed by atoms with Gasteiger partial charge in [0.25, 0.3) is 0 Å². The van der Waals surface area contributed by atoms with Gasteiger partial charge in [0, 0.05) is 23.8 Å². The SMILES string of the molecule is CC1C=CC(C(=O)[O-])C(C(=O)[O-])C1.[Ca+2]. The van der Waals surface area contributed by atoms with Crippen molar-refractivity contribution in [2.24, 2.45) is 17.8 Å². The Labute approximate surface area is 112 Å². The summed E-state index contributed by atoms with van der Waals surface area (Å²) in [7, 11) is 0. The van der Waals surface area contributed by atoms with E-state index in [0.29, 0.717) is 6.42 Å². The van der Waals surface area contributed by atoms with E-state index in [1.165, 1.54) is 6.08 Å². The van der Waals surface area contributed by atoms with Crippen LogP contribution in [-0.2, 0) is 9.59 Å². The Kier molecular flexibility index (Phi) is 5.71. The average Bonchev–Trinajstić information content (AvgIpc) is 2.03.